The van der Waals surface area contributed by atoms with Crippen LogP contribution in [-0.2, 0) is 22.6 Å². The molecule has 0 aliphatic carbocycles. The molecule has 134 valence electrons. The summed E-state index contributed by atoms with van der Waals surface area (Å²) in [5.41, 5.74) is 1.92. The Morgan fingerprint density at radius 3 is 2.73 bits per heavy atom. The molecule has 1 atom stereocenters. The Morgan fingerprint density at radius 1 is 1.23 bits per heavy atom. The van der Waals surface area contributed by atoms with Gasteiger partial charge >= 0.3 is 12.9 Å². The van der Waals surface area contributed by atoms with Crippen molar-refractivity contribution in [1.82, 2.24) is 5.32 Å². The third kappa shape index (κ3) is 4.24. The first-order valence-corrected chi connectivity index (χ1v) is 8.47. The van der Waals surface area contributed by atoms with Crippen molar-refractivity contribution in [3.63, 3.8) is 0 Å². The van der Waals surface area contributed by atoms with Crippen LogP contribution in [0.25, 0.3) is 0 Å². The summed E-state index contributed by atoms with van der Waals surface area (Å²) < 4.78 is 11.2. The van der Waals surface area contributed by atoms with Crippen LogP contribution in [0, 0.1) is 0 Å². The number of hydrogen-bond acceptors (Lipinski definition) is 4. The number of carboxylic acid groups (broad SMARTS) is 1. The van der Waals surface area contributed by atoms with Gasteiger partial charge in [-0.3, -0.25) is 4.79 Å². The second-order valence-electron chi connectivity index (χ2n) is 6.28. The number of fused-ring (bicyclic) bond motifs is 1. The molecule has 3 rings (SSSR count). The fraction of sp³-hybridized carbons (Fsp3) is 0.263. The lowest BCUT2D eigenvalue weighted by Gasteiger charge is -2.30. The van der Waals surface area contributed by atoms with Crippen LogP contribution in [0.3, 0.4) is 0 Å². The minimum atomic E-state index is -1.02. The lowest BCUT2D eigenvalue weighted by Crippen LogP contribution is -2.52. The molecule has 0 saturated heterocycles. The largest absolute Gasteiger partial charge is 0.558 e. The maximum atomic E-state index is 12.1. The highest BCUT2D eigenvalue weighted by atomic mass is 16.5. The van der Waals surface area contributed by atoms with Crippen LogP contribution in [0.5, 0.6) is 5.75 Å². The Bertz CT molecular complexity index is 796. The van der Waals surface area contributed by atoms with Crippen molar-refractivity contribution in [2.45, 2.75) is 25.8 Å². The van der Waals surface area contributed by atoms with Gasteiger partial charge in [0.1, 0.15) is 12.4 Å². The Balaban J connectivity index is 1.56. The summed E-state index contributed by atoms with van der Waals surface area (Å²) in [4.78, 5) is 23.5. The molecule has 6 nitrogen and oxygen atoms in total. The lowest BCUT2D eigenvalue weighted by atomic mass is 9.59. The van der Waals surface area contributed by atoms with Gasteiger partial charge in [0.25, 0.3) is 0 Å². The molecule has 1 heterocycles. The summed E-state index contributed by atoms with van der Waals surface area (Å²) >= 11 is 0. The third-order valence-corrected chi connectivity index (χ3v) is 4.33. The van der Waals surface area contributed by atoms with Crippen molar-refractivity contribution in [1.29, 1.82) is 0 Å². The van der Waals surface area contributed by atoms with Crippen LogP contribution in [0.4, 0.5) is 0 Å². The topological polar surface area (TPSA) is 84.9 Å². The van der Waals surface area contributed by atoms with Crippen molar-refractivity contribution >= 4 is 18.8 Å². The molecular weight excluding hydrogens is 333 g/mol. The van der Waals surface area contributed by atoms with E-state index < -0.39 is 5.97 Å². The molecule has 0 unspecified atom stereocenters. The van der Waals surface area contributed by atoms with E-state index >= 15 is 0 Å². The molecule has 2 aromatic carbocycles. The Kier molecular flexibility index (Phi) is 5.58. The van der Waals surface area contributed by atoms with Crippen LogP contribution >= 0.6 is 0 Å². The molecule has 7 heteroatoms. The summed E-state index contributed by atoms with van der Waals surface area (Å²) in [6.07, 6.45) is 0.516. The summed E-state index contributed by atoms with van der Waals surface area (Å²) in [5, 5.41) is 12.2. The number of carboxylic acids is 1. The molecule has 2 aromatic rings. The van der Waals surface area contributed by atoms with Gasteiger partial charge in [0.05, 0.1) is 18.1 Å². The highest BCUT2D eigenvalue weighted by Gasteiger charge is 2.34. The van der Waals surface area contributed by atoms with E-state index in [0.717, 1.165) is 11.1 Å². The van der Waals surface area contributed by atoms with Gasteiger partial charge in [0.2, 0.25) is 5.91 Å². The Hall–Kier alpha value is -2.80. The second kappa shape index (κ2) is 8.06. The summed E-state index contributed by atoms with van der Waals surface area (Å²) in [5.74, 6) is -1.09. The van der Waals surface area contributed by atoms with Gasteiger partial charge in [0.15, 0.2) is 0 Å². The van der Waals surface area contributed by atoms with Gasteiger partial charge in [-0.2, -0.15) is 0 Å². The van der Waals surface area contributed by atoms with Gasteiger partial charge in [0, 0.05) is 0 Å². The first-order chi connectivity index (χ1) is 12.5. The molecule has 1 aliphatic rings. The van der Waals surface area contributed by atoms with E-state index in [4.69, 9.17) is 9.39 Å². The highest BCUT2D eigenvalue weighted by molar-refractivity contribution is 6.54. The molecule has 26 heavy (non-hydrogen) atoms. The normalized spacial score (nSPS) is 15.7. The van der Waals surface area contributed by atoms with Crippen LogP contribution in [0.1, 0.15) is 21.5 Å². The zero-order chi connectivity index (χ0) is 18.5. The summed E-state index contributed by atoms with van der Waals surface area (Å²) in [6.45, 7) is 1.81. The molecular formula is C19H20BNO5. The molecule has 0 aromatic heterocycles. The number of hydrogen-bond donors (Lipinski definition) is 2. The SMILES string of the molecule is CB1Oc2c(cccc2C(=O)O)C[C@@H]1NC(=O)COCc1ccccc1. The number of rotatable bonds is 6. The Morgan fingerprint density at radius 2 is 2.00 bits per heavy atom. The van der Waals surface area contributed by atoms with Crippen molar-refractivity contribution in [2.24, 2.45) is 0 Å². The van der Waals surface area contributed by atoms with Crippen LogP contribution in [0.2, 0.25) is 6.82 Å². The minimum absolute atomic E-state index is 0.0415. The molecule has 0 saturated carbocycles. The van der Waals surface area contributed by atoms with Crippen LogP contribution in [-0.4, -0.2) is 36.4 Å². The maximum Gasteiger partial charge on any atom is 0.377 e. The monoisotopic (exact) mass is 353 g/mol. The number of para-hydroxylation sites is 1. The number of nitrogens with one attached hydrogen (secondary N) is 1. The predicted molar refractivity (Wildman–Crippen MR) is 97.4 cm³/mol. The molecule has 0 spiro atoms. The number of amides is 1. The standard InChI is InChI=1S/C19H20BNO5/c1-20-16(10-14-8-5-9-15(19(23)24)18(14)26-20)21-17(22)12-25-11-13-6-3-2-4-7-13/h2-9,16H,10-12H2,1H3,(H,21,22)(H,23,24)/t16-/m0/s1. The van der Waals surface area contributed by atoms with Crippen molar-refractivity contribution in [3.05, 3.63) is 65.2 Å². The van der Waals surface area contributed by atoms with E-state index in [-0.39, 0.29) is 30.9 Å². The van der Waals surface area contributed by atoms with E-state index in [0.29, 0.717) is 18.8 Å². The first kappa shape index (κ1) is 18.0. The van der Waals surface area contributed by atoms with Gasteiger partial charge in [-0.25, -0.2) is 4.79 Å². The van der Waals surface area contributed by atoms with Crippen LogP contribution in [0.15, 0.2) is 48.5 Å². The van der Waals surface area contributed by atoms with Gasteiger partial charge < -0.3 is 19.8 Å². The van der Waals surface area contributed by atoms with E-state index in [1.165, 1.54) is 6.07 Å². The smallest absolute Gasteiger partial charge is 0.377 e. The highest BCUT2D eigenvalue weighted by Crippen LogP contribution is 2.30. The predicted octanol–water partition coefficient (Wildman–Crippen LogP) is 2.18. The van der Waals surface area contributed by atoms with E-state index in [1.54, 1.807) is 6.07 Å². The fourth-order valence-corrected chi connectivity index (χ4v) is 2.98. The van der Waals surface area contributed by atoms with E-state index in [1.807, 2.05) is 43.2 Å². The van der Waals surface area contributed by atoms with Crippen molar-refractivity contribution in [2.75, 3.05) is 6.61 Å². The van der Waals surface area contributed by atoms with Gasteiger partial charge in [-0.05, 0) is 30.4 Å². The van der Waals surface area contributed by atoms with Gasteiger partial charge in [-0.1, -0.05) is 42.5 Å². The molecule has 0 bridgehead atoms. The number of carbonyl (C=O) groups excluding carboxylic acids is 1. The average molecular weight is 353 g/mol. The first-order valence-electron chi connectivity index (χ1n) is 8.47. The maximum absolute atomic E-state index is 12.1. The second-order valence-corrected chi connectivity index (χ2v) is 6.28. The fourth-order valence-electron chi connectivity index (χ4n) is 2.98. The van der Waals surface area contributed by atoms with Crippen LogP contribution < -0.4 is 9.97 Å². The molecule has 0 radical (unpaired) electrons. The number of carbonyl (C=O) groups is 2. The number of benzene rings is 2. The number of aromatic carboxylic acids is 1. The third-order valence-electron chi connectivity index (χ3n) is 4.33. The zero-order valence-corrected chi connectivity index (χ0v) is 14.5. The summed E-state index contributed by atoms with van der Waals surface area (Å²) in [6, 6.07) is 14.7. The van der Waals surface area contributed by atoms with E-state index in [2.05, 4.69) is 5.32 Å². The molecule has 1 aliphatic heterocycles. The Labute approximate surface area is 152 Å². The van der Waals surface area contributed by atoms with Crippen molar-refractivity contribution < 1.29 is 24.1 Å². The summed E-state index contributed by atoms with van der Waals surface area (Å²) in [7, 11) is 0. The number of ether oxygens (including phenoxy) is 1. The van der Waals surface area contributed by atoms with Crippen molar-refractivity contribution in [3.8, 4) is 5.75 Å². The van der Waals surface area contributed by atoms with Gasteiger partial charge in [-0.15, -0.1) is 0 Å². The molecule has 0 fully saturated rings. The van der Waals surface area contributed by atoms with E-state index in [9.17, 15) is 14.7 Å². The molecule has 1 amide bonds. The quantitative estimate of drug-likeness (QED) is 0.778. The zero-order valence-electron chi connectivity index (χ0n) is 14.5. The minimum Gasteiger partial charge on any atom is -0.558 e. The average Bonchev–Trinajstić information content (AvgIpc) is 2.62. The molecule has 2 N–H and O–H groups in total. The lowest BCUT2D eigenvalue weighted by molar-refractivity contribution is -0.126.